The zero-order valence-electron chi connectivity index (χ0n) is 9.70. The lowest BCUT2D eigenvalue weighted by Gasteiger charge is -2.11. The van der Waals surface area contributed by atoms with Crippen molar-refractivity contribution >= 4 is 23.2 Å². The fraction of sp³-hybridized carbons (Fsp3) is 0.0833. The molecule has 0 aliphatic rings. The lowest BCUT2D eigenvalue weighted by molar-refractivity contribution is 0.888. The van der Waals surface area contributed by atoms with Gasteiger partial charge in [0.15, 0.2) is 0 Å². The zero-order chi connectivity index (χ0) is 14.2. The van der Waals surface area contributed by atoms with Crippen LogP contribution in [-0.4, -0.2) is 9.55 Å². The van der Waals surface area contributed by atoms with Gasteiger partial charge in [-0.1, -0.05) is 29.3 Å². The third kappa shape index (κ3) is 2.28. The van der Waals surface area contributed by atoms with Crippen molar-refractivity contribution in [2.24, 2.45) is 0 Å². The number of hydrogen-bond acceptors (Lipinski definition) is 3. The smallest absolute Gasteiger partial charge is 0.273 e. The Morgan fingerprint density at radius 3 is 2.63 bits per heavy atom. The number of aromatic nitrogens is 2. The van der Waals surface area contributed by atoms with Crippen molar-refractivity contribution in [3.05, 3.63) is 60.3 Å². The molecular weight excluding hydrogens is 289 g/mol. The van der Waals surface area contributed by atoms with Crippen LogP contribution in [-0.2, 0) is 0 Å². The molecule has 19 heavy (non-hydrogen) atoms. The van der Waals surface area contributed by atoms with Gasteiger partial charge >= 0.3 is 5.69 Å². The van der Waals surface area contributed by atoms with E-state index in [1.54, 1.807) is 25.1 Å². The number of benzene rings is 1. The van der Waals surface area contributed by atoms with Gasteiger partial charge in [-0.2, -0.15) is 5.26 Å². The second-order valence-electron chi connectivity index (χ2n) is 3.81. The van der Waals surface area contributed by atoms with Gasteiger partial charge in [0.05, 0.1) is 15.7 Å². The first kappa shape index (κ1) is 13.4. The number of aromatic amines is 1. The molecule has 0 saturated heterocycles. The molecule has 1 aromatic heterocycles. The Hall–Kier alpha value is -2.03. The van der Waals surface area contributed by atoms with Gasteiger partial charge in [0.2, 0.25) is 0 Å². The molecule has 2 rings (SSSR count). The first-order chi connectivity index (χ1) is 8.95. The van der Waals surface area contributed by atoms with E-state index < -0.39 is 11.2 Å². The molecule has 0 fully saturated rings. The topological polar surface area (TPSA) is 78.7 Å². The molecule has 1 N–H and O–H groups in total. The maximum atomic E-state index is 11.8. The Kier molecular flexibility index (Phi) is 3.47. The summed E-state index contributed by atoms with van der Waals surface area (Å²) in [5.41, 5.74) is -0.700. The minimum absolute atomic E-state index is 0.201. The fourth-order valence-corrected chi connectivity index (χ4v) is 2.13. The van der Waals surface area contributed by atoms with Crippen LogP contribution < -0.4 is 11.2 Å². The van der Waals surface area contributed by atoms with Crippen LogP contribution in [0.25, 0.3) is 5.69 Å². The highest BCUT2D eigenvalue weighted by Gasteiger charge is 2.14. The average molecular weight is 296 g/mol. The molecular formula is C12H7Cl2N3O2. The molecule has 96 valence electrons. The van der Waals surface area contributed by atoms with Crippen LogP contribution in [0.1, 0.15) is 11.1 Å². The molecule has 0 bridgehead atoms. The van der Waals surface area contributed by atoms with Crippen LogP contribution in [0.2, 0.25) is 10.0 Å². The molecule has 0 radical (unpaired) electrons. The second-order valence-corrected chi connectivity index (χ2v) is 4.60. The Bertz CT molecular complexity index is 815. The average Bonchev–Trinajstić information content (AvgIpc) is 2.37. The number of aryl methyl sites for hydroxylation is 1. The number of halogens is 2. The molecule has 0 aliphatic carbocycles. The van der Waals surface area contributed by atoms with Crippen LogP contribution in [0.4, 0.5) is 0 Å². The van der Waals surface area contributed by atoms with Gasteiger partial charge in [0, 0.05) is 6.20 Å². The number of nitrogens with zero attached hydrogens (tertiary/aromatic N) is 2. The Morgan fingerprint density at radius 1 is 1.32 bits per heavy atom. The van der Waals surface area contributed by atoms with Gasteiger partial charge < -0.3 is 0 Å². The van der Waals surface area contributed by atoms with Crippen molar-refractivity contribution in [1.29, 1.82) is 5.26 Å². The largest absolute Gasteiger partial charge is 0.333 e. The summed E-state index contributed by atoms with van der Waals surface area (Å²) < 4.78 is 1.05. The lowest BCUT2D eigenvalue weighted by Crippen LogP contribution is -2.30. The Balaban J connectivity index is 2.88. The molecule has 0 unspecified atom stereocenters. The first-order valence-corrected chi connectivity index (χ1v) is 5.92. The molecule has 5 nitrogen and oxygen atoms in total. The van der Waals surface area contributed by atoms with Gasteiger partial charge in [0.1, 0.15) is 11.6 Å². The predicted molar refractivity (Wildman–Crippen MR) is 72.1 cm³/mol. The lowest BCUT2D eigenvalue weighted by atomic mass is 10.2. The van der Waals surface area contributed by atoms with Gasteiger partial charge in [-0.25, -0.2) is 4.79 Å². The zero-order valence-corrected chi connectivity index (χ0v) is 11.2. The highest BCUT2D eigenvalue weighted by atomic mass is 35.5. The van der Waals surface area contributed by atoms with E-state index >= 15 is 0 Å². The van der Waals surface area contributed by atoms with E-state index in [4.69, 9.17) is 28.5 Å². The van der Waals surface area contributed by atoms with Gasteiger partial charge in [-0.15, -0.1) is 0 Å². The van der Waals surface area contributed by atoms with Crippen LogP contribution >= 0.6 is 23.2 Å². The van der Waals surface area contributed by atoms with Gasteiger partial charge in [-0.3, -0.25) is 14.3 Å². The number of nitriles is 1. The monoisotopic (exact) mass is 295 g/mol. The van der Waals surface area contributed by atoms with Crippen molar-refractivity contribution in [3.8, 4) is 11.8 Å². The number of hydrogen-bond donors (Lipinski definition) is 1. The van der Waals surface area contributed by atoms with E-state index in [1.807, 2.05) is 4.98 Å². The summed E-state index contributed by atoms with van der Waals surface area (Å²) in [6, 6.07) is 4.99. The third-order valence-electron chi connectivity index (χ3n) is 2.56. The van der Waals surface area contributed by atoms with Crippen molar-refractivity contribution in [1.82, 2.24) is 9.55 Å². The van der Waals surface area contributed by atoms with E-state index in [0.29, 0.717) is 0 Å². The van der Waals surface area contributed by atoms with Crippen molar-refractivity contribution in [2.45, 2.75) is 6.92 Å². The minimum Gasteiger partial charge on any atom is -0.273 e. The van der Waals surface area contributed by atoms with Crippen LogP contribution in [0.3, 0.4) is 0 Å². The van der Waals surface area contributed by atoms with E-state index in [-0.39, 0.29) is 21.3 Å². The van der Waals surface area contributed by atoms with E-state index in [2.05, 4.69) is 0 Å². The van der Waals surface area contributed by atoms with Gasteiger partial charge in [0.25, 0.3) is 5.56 Å². The van der Waals surface area contributed by atoms with Gasteiger partial charge in [-0.05, 0) is 18.6 Å². The summed E-state index contributed by atoms with van der Waals surface area (Å²) in [7, 11) is 0. The minimum atomic E-state index is -0.747. The van der Waals surface area contributed by atoms with Crippen molar-refractivity contribution < 1.29 is 0 Å². The summed E-state index contributed by atoms with van der Waals surface area (Å²) in [6.45, 7) is 1.75. The van der Waals surface area contributed by atoms with Crippen LogP contribution in [0, 0.1) is 18.3 Å². The first-order valence-electron chi connectivity index (χ1n) is 5.16. The quantitative estimate of drug-likeness (QED) is 0.874. The molecule has 1 heterocycles. The molecule has 2 aromatic rings. The number of H-pyrrole nitrogens is 1. The van der Waals surface area contributed by atoms with E-state index in [0.717, 1.165) is 16.3 Å². The standard InChI is InChI=1S/C12H7Cl2N3O2/c1-6-2-3-8(13)10(9(6)14)17-5-7(4-15)11(18)16-12(17)19/h2-3,5H,1H3,(H,16,18,19). The highest BCUT2D eigenvalue weighted by Crippen LogP contribution is 2.30. The summed E-state index contributed by atoms with van der Waals surface area (Å²) >= 11 is 12.1. The molecule has 0 spiro atoms. The van der Waals surface area contributed by atoms with Crippen LogP contribution in [0.15, 0.2) is 27.9 Å². The van der Waals surface area contributed by atoms with Crippen molar-refractivity contribution in [2.75, 3.05) is 0 Å². The summed E-state index contributed by atoms with van der Waals surface area (Å²) in [5, 5.41) is 9.35. The summed E-state index contributed by atoms with van der Waals surface area (Å²) in [5.74, 6) is 0. The second kappa shape index (κ2) is 4.92. The highest BCUT2D eigenvalue weighted by molar-refractivity contribution is 6.38. The molecule has 0 aliphatic heterocycles. The molecule has 0 amide bonds. The number of rotatable bonds is 1. The van der Waals surface area contributed by atoms with E-state index in [9.17, 15) is 9.59 Å². The Morgan fingerprint density at radius 2 is 2.00 bits per heavy atom. The Labute approximate surface area is 117 Å². The molecule has 1 aromatic carbocycles. The summed E-state index contributed by atoms with van der Waals surface area (Å²) in [6.07, 6.45) is 1.12. The van der Waals surface area contributed by atoms with Crippen LogP contribution in [0.5, 0.6) is 0 Å². The maximum Gasteiger partial charge on any atom is 0.333 e. The predicted octanol–water partition coefficient (Wildman–Crippen LogP) is 2.01. The van der Waals surface area contributed by atoms with Crippen molar-refractivity contribution in [3.63, 3.8) is 0 Å². The normalized spacial score (nSPS) is 10.2. The summed E-state index contributed by atoms with van der Waals surface area (Å²) in [4.78, 5) is 25.2. The maximum absolute atomic E-state index is 11.8. The fourth-order valence-electron chi connectivity index (χ4n) is 1.58. The molecule has 7 heteroatoms. The molecule has 0 atom stereocenters. The van der Waals surface area contributed by atoms with E-state index in [1.165, 1.54) is 0 Å². The number of nitrogens with one attached hydrogen (secondary N) is 1. The third-order valence-corrected chi connectivity index (χ3v) is 3.35. The SMILES string of the molecule is Cc1ccc(Cl)c(-n2cc(C#N)c(=O)[nH]c2=O)c1Cl. The molecule has 0 saturated carbocycles.